The van der Waals surface area contributed by atoms with Gasteiger partial charge in [-0.1, -0.05) is 25.4 Å². The van der Waals surface area contributed by atoms with Crippen LogP contribution in [-0.4, -0.2) is 52.5 Å². The normalized spacial score (nSPS) is 11.8. The van der Waals surface area contributed by atoms with Crippen molar-refractivity contribution in [2.75, 3.05) is 25.5 Å². The van der Waals surface area contributed by atoms with Gasteiger partial charge in [0.25, 0.3) is 5.91 Å². The number of halogens is 4. The van der Waals surface area contributed by atoms with Gasteiger partial charge < -0.3 is 10.2 Å². The van der Waals surface area contributed by atoms with Crippen LogP contribution in [0.4, 0.5) is 19.0 Å². The fourth-order valence-electron chi connectivity index (χ4n) is 2.53. The molecular formula is C16H20ClF3N6O. The summed E-state index contributed by atoms with van der Waals surface area (Å²) in [5.41, 5.74) is 1.48. The van der Waals surface area contributed by atoms with Gasteiger partial charge in [-0.3, -0.25) is 4.79 Å². The monoisotopic (exact) mass is 404 g/mol. The molecule has 0 aromatic carbocycles. The van der Waals surface area contributed by atoms with Crippen LogP contribution in [-0.2, 0) is 0 Å². The van der Waals surface area contributed by atoms with Gasteiger partial charge in [0.1, 0.15) is 12.2 Å². The van der Waals surface area contributed by atoms with E-state index in [0.29, 0.717) is 5.69 Å². The Morgan fingerprint density at radius 2 is 2.00 bits per heavy atom. The van der Waals surface area contributed by atoms with Crippen molar-refractivity contribution in [1.82, 2.24) is 25.1 Å². The fourth-order valence-corrected chi connectivity index (χ4v) is 2.78. The van der Waals surface area contributed by atoms with Gasteiger partial charge in [-0.25, -0.2) is 14.6 Å². The lowest BCUT2D eigenvalue weighted by atomic mass is 10.1. The Hall–Kier alpha value is -2.36. The van der Waals surface area contributed by atoms with Crippen LogP contribution in [0.1, 0.15) is 41.8 Å². The maximum absolute atomic E-state index is 12.9. The smallest absolute Gasteiger partial charge is 0.352 e. The molecule has 0 bridgehead atoms. The number of nitrogens with zero attached hydrogens (tertiary/aromatic N) is 5. The maximum Gasteiger partial charge on any atom is 0.405 e. The summed E-state index contributed by atoms with van der Waals surface area (Å²) in [5, 5.41) is 6.50. The predicted octanol–water partition coefficient (Wildman–Crippen LogP) is 3.11. The first-order valence-corrected chi connectivity index (χ1v) is 8.46. The molecule has 0 aliphatic carbocycles. The van der Waals surface area contributed by atoms with Gasteiger partial charge in [-0.15, -0.1) is 0 Å². The van der Waals surface area contributed by atoms with Crippen LogP contribution in [0.15, 0.2) is 6.07 Å². The van der Waals surface area contributed by atoms with Gasteiger partial charge in [0.2, 0.25) is 5.82 Å². The molecule has 2 heterocycles. The molecule has 0 saturated carbocycles. The van der Waals surface area contributed by atoms with Gasteiger partial charge in [-0.2, -0.15) is 18.3 Å². The molecule has 0 aliphatic heterocycles. The molecule has 0 atom stereocenters. The number of hydrogen-bond donors (Lipinski definition) is 1. The molecule has 0 unspecified atom stereocenters. The van der Waals surface area contributed by atoms with Crippen molar-refractivity contribution in [2.24, 2.45) is 0 Å². The minimum atomic E-state index is -4.47. The highest BCUT2D eigenvalue weighted by molar-refractivity contribution is 6.31. The molecule has 7 nitrogen and oxygen atoms in total. The van der Waals surface area contributed by atoms with E-state index in [1.807, 2.05) is 13.8 Å². The van der Waals surface area contributed by atoms with Gasteiger partial charge >= 0.3 is 6.18 Å². The molecule has 1 amide bonds. The van der Waals surface area contributed by atoms with E-state index in [1.165, 1.54) is 18.8 Å². The zero-order valence-corrected chi connectivity index (χ0v) is 16.3. The van der Waals surface area contributed by atoms with E-state index in [0.717, 1.165) is 10.6 Å². The summed E-state index contributed by atoms with van der Waals surface area (Å²) in [6, 6.07) is 1.81. The molecule has 2 aromatic rings. The highest BCUT2D eigenvalue weighted by atomic mass is 35.5. The Balaban J connectivity index is 2.74. The summed E-state index contributed by atoms with van der Waals surface area (Å²) in [5.74, 6) is -1.12. The van der Waals surface area contributed by atoms with E-state index < -0.39 is 18.6 Å². The number of aryl methyl sites for hydroxylation is 1. The number of carbonyl (C=O) groups excluding carboxylic acids is 1. The molecule has 1 N–H and O–H groups in total. The molecule has 0 aliphatic rings. The molecule has 0 fully saturated rings. The van der Waals surface area contributed by atoms with Gasteiger partial charge in [0, 0.05) is 19.8 Å². The Labute approximate surface area is 159 Å². The van der Waals surface area contributed by atoms with Crippen molar-refractivity contribution in [3.05, 3.63) is 28.4 Å². The average molecular weight is 405 g/mol. The zero-order chi connectivity index (χ0) is 20.5. The van der Waals surface area contributed by atoms with Crippen LogP contribution < -0.4 is 10.2 Å². The van der Waals surface area contributed by atoms with Crippen molar-refractivity contribution in [3.63, 3.8) is 0 Å². The molecule has 27 heavy (non-hydrogen) atoms. The van der Waals surface area contributed by atoms with Crippen molar-refractivity contribution in [3.8, 4) is 5.69 Å². The molecule has 0 spiro atoms. The summed E-state index contributed by atoms with van der Waals surface area (Å²) in [7, 11) is 2.58. The summed E-state index contributed by atoms with van der Waals surface area (Å²) in [6.45, 7) is 4.31. The van der Waals surface area contributed by atoms with Gasteiger partial charge in [0.15, 0.2) is 11.0 Å². The van der Waals surface area contributed by atoms with Crippen LogP contribution in [0, 0.1) is 6.92 Å². The number of rotatable bonds is 5. The van der Waals surface area contributed by atoms with Crippen molar-refractivity contribution in [2.45, 2.75) is 32.9 Å². The van der Waals surface area contributed by atoms with Crippen LogP contribution in [0.3, 0.4) is 0 Å². The molecule has 11 heteroatoms. The number of hydrogen-bond acceptors (Lipinski definition) is 5. The molecular weight excluding hydrogens is 385 g/mol. The lowest BCUT2D eigenvalue weighted by molar-refractivity contribution is -0.119. The van der Waals surface area contributed by atoms with Crippen LogP contribution in [0.2, 0.25) is 5.15 Å². The Morgan fingerprint density at radius 1 is 1.37 bits per heavy atom. The second kappa shape index (κ2) is 7.71. The lowest BCUT2D eigenvalue weighted by Gasteiger charge is -2.24. The average Bonchev–Trinajstić information content (AvgIpc) is 2.93. The maximum atomic E-state index is 12.9. The predicted molar refractivity (Wildman–Crippen MR) is 95.7 cm³/mol. The van der Waals surface area contributed by atoms with E-state index in [2.05, 4.69) is 20.4 Å². The van der Waals surface area contributed by atoms with E-state index in [-0.39, 0.29) is 28.4 Å². The summed E-state index contributed by atoms with van der Waals surface area (Å²) < 4.78 is 40.3. The summed E-state index contributed by atoms with van der Waals surface area (Å²) in [4.78, 5) is 20.7. The first kappa shape index (κ1) is 20.9. The summed E-state index contributed by atoms with van der Waals surface area (Å²) >= 11 is 6.27. The van der Waals surface area contributed by atoms with Crippen molar-refractivity contribution < 1.29 is 18.0 Å². The van der Waals surface area contributed by atoms with Gasteiger partial charge in [0.05, 0.1) is 5.69 Å². The van der Waals surface area contributed by atoms with Crippen LogP contribution in [0.25, 0.3) is 5.69 Å². The van der Waals surface area contributed by atoms with E-state index >= 15 is 0 Å². The Kier molecular flexibility index (Phi) is 5.98. The van der Waals surface area contributed by atoms with E-state index in [4.69, 9.17) is 11.6 Å². The first-order valence-electron chi connectivity index (χ1n) is 8.09. The number of amides is 1. The number of anilines is 1. The quantitative estimate of drug-likeness (QED) is 0.775. The zero-order valence-electron chi connectivity index (χ0n) is 15.5. The minimum Gasteiger partial charge on any atom is -0.352 e. The molecule has 0 saturated heterocycles. The van der Waals surface area contributed by atoms with Gasteiger partial charge in [-0.05, 0) is 18.9 Å². The van der Waals surface area contributed by atoms with E-state index in [1.54, 1.807) is 13.0 Å². The Morgan fingerprint density at radius 3 is 2.52 bits per heavy atom. The van der Waals surface area contributed by atoms with Crippen LogP contribution >= 0.6 is 11.6 Å². The van der Waals surface area contributed by atoms with Crippen molar-refractivity contribution in [1.29, 1.82) is 0 Å². The third-order valence-electron chi connectivity index (χ3n) is 3.69. The number of alkyl halides is 3. The lowest BCUT2D eigenvalue weighted by Crippen LogP contribution is -2.33. The largest absolute Gasteiger partial charge is 0.405 e. The molecule has 2 aromatic heterocycles. The van der Waals surface area contributed by atoms with Crippen LogP contribution in [0.5, 0.6) is 0 Å². The second-order valence-electron chi connectivity index (χ2n) is 6.34. The number of aromatic nitrogens is 4. The highest BCUT2D eigenvalue weighted by Gasteiger charge is 2.32. The highest BCUT2D eigenvalue weighted by Crippen LogP contribution is 2.32. The molecule has 2 rings (SSSR count). The standard InChI is InChI=1S/C16H20ClF3N6O/c1-8(2)10-6-9(3)24-26(10)11-12(17)22-13(15(27)21-4)23-14(11)25(5)7-16(18,19)20/h6,8H,7H2,1-5H3,(H,21,27). The summed E-state index contributed by atoms with van der Waals surface area (Å²) in [6.07, 6.45) is -4.47. The third kappa shape index (κ3) is 4.68. The van der Waals surface area contributed by atoms with E-state index in [9.17, 15) is 18.0 Å². The fraction of sp³-hybridized carbons (Fsp3) is 0.500. The second-order valence-corrected chi connectivity index (χ2v) is 6.70. The SMILES string of the molecule is CNC(=O)c1nc(Cl)c(-n2nc(C)cc2C(C)C)c(N(C)CC(F)(F)F)n1. The first-order chi connectivity index (χ1) is 12.4. The van der Waals surface area contributed by atoms with Crippen molar-refractivity contribution >= 4 is 23.3 Å². The molecule has 148 valence electrons. The molecule has 0 radical (unpaired) electrons. The minimum absolute atomic E-state index is 0.0154. The topological polar surface area (TPSA) is 75.9 Å². The number of nitrogens with one attached hydrogen (secondary N) is 1. The third-order valence-corrected chi connectivity index (χ3v) is 3.96. The number of carbonyl (C=O) groups is 1. The Bertz CT molecular complexity index is 849.